The van der Waals surface area contributed by atoms with E-state index in [-0.39, 0.29) is 26.1 Å². The van der Waals surface area contributed by atoms with E-state index in [1.54, 1.807) is 39.8 Å². The number of hydrogen-bond donors (Lipinski definition) is 2. The molecule has 190 valence electrons. The minimum Gasteiger partial charge on any atom is -0.466 e. The Morgan fingerprint density at radius 1 is 1.03 bits per heavy atom. The van der Waals surface area contributed by atoms with E-state index in [4.69, 9.17) is 9.47 Å². The summed E-state index contributed by atoms with van der Waals surface area (Å²) in [6.07, 6.45) is 0.816. The van der Waals surface area contributed by atoms with Crippen LogP contribution >= 0.6 is 0 Å². The molecule has 1 atom stereocenters. The molecule has 0 saturated carbocycles. The molecule has 0 aliphatic heterocycles. The molecule has 0 fully saturated rings. The quantitative estimate of drug-likeness (QED) is 0.447. The zero-order valence-corrected chi connectivity index (χ0v) is 21.2. The Balaban J connectivity index is 3.08. The third-order valence-electron chi connectivity index (χ3n) is 4.74. The van der Waals surface area contributed by atoms with Gasteiger partial charge in [0.1, 0.15) is 18.2 Å². The molecule has 9 heteroatoms. The molecular formula is C25H39N3O6. The summed E-state index contributed by atoms with van der Waals surface area (Å²) in [6.45, 7) is 11.2. The Bertz CT molecular complexity index is 817. The summed E-state index contributed by atoms with van der Waals surface area (Å²) in [5, 5.41) is 5.22. The highest BCUT2D eigenvalue weighted by molar-refractivity contribution is 5.90. The molecule has 1 rings (SSSR count). The maximum atomic E-state index is 13.2. The summed E-state index contributed by atoms with van der Waals surface area (Å²) in [5.74, 6) is -1.23. The maximum Gasteiger partial charge on any atom is 0.408 e. The molecule has 9 nitrogen and oxygen atoms in total. The van der Waals surface area contributed by atoms with Crippen molar-refractivity contribution in [2.45, 2.75) is 72.4 Å². The Kier molecular flexibility index (Phi) is 12.1. The van der Waals surface area contributed by atoms with E-state index in [0.29, 0.717) is 18.5 Å². The largest absolute Gasteiger partial charge is 0.466 e. The van der Waals surface area contributed by atoms with Gasteiger partial charge in [0.15, 0.2) is 0 Å². The minimum absolute atomic E-state index is 0.0311. The molecule has 0 aliphatic rings. The van der Waals surface area contributed by atoms with Gasteiger partial charge >= 0.3 is 12.1 Å². The smallest absolute Gasteiger partial charge is 0.408 e. The van der Waals surface area contributed by atoms with Crippen LogP contribution in [0, 0.1) is 6.92 Å². The summed E-state index contributed by atoms with van der Waals surface area (Å²) < 4.78 is 10.1. The van der Waals surface area contributed by atoms with Gasteiger partial charge in [-0.2, -0.15) is 0 Å². The number of aryl methyl sites for hydroxylation is 1. The molecular weight excluding hydrogens is 438 g/mol. The normalized spacial score (nSPS) is 11.8. The molecule has 1 aromatic carbocycles. The van der Waals surface area contributed by atoms with E-state index in [9.17, 15) is 19.2 Å². The number of rotatable bonds is 12. The van der Waals surface area contributed by atoms with Gasteiger partial charge in [-0.25, -0.2) is 4.79 Å². The highest BCUT2D eigenvalue weighted by atomic mass is 16.6. The van der Waals surface area contributed by atoms with E-state index < -0.39 is 35.5 Å². The van der Waals surface area contributed by atoms with Crippen LogP contribution in [0.5, 0.6) is 0 Å². The zero-order chi connectivity index (χ0) is 25.7. The number of alkyl carbamates (subject to hydrolysis) is 1. The number of nitrogens with one attached hydrogen (secondary N) is 2. The lowest BCUT2D eigenvalue weighted by Crippen LogP contribution is -2.48. The highest BCUT2D eigenvalue weighted by Crippen LogP contribution is 2.23. The molecule has 0 saturated heterocycles. The van der Waals surface area contributed by atoms with Crippen molar-refractivity contribution in [2.24, 2.45) is 0 Å². The number of nitrogens with zero attached hydrogens (tertiary/aromatic N) is 1. The Labute approximate surface area is 202 Å². The second kappa shape index (κ2) is 14.2. The fourth-order valence-electron chi connectivity index (χ4n) is 3.13. The number of unbranched alkanes of at least 4 members (excludes halogenated alkanes) is 1. The van der Waals surface area contributed by atoms with Crippen molar-refractivity contribution in [1.82, 2.24) is 15.5 Å². The second-order valence-electron chi connectivity index (χ2n) is 8.96. The summed E-state index contributed by atoms with van der Waals surface area (Å²) >= 11 is 0. The molecule has 0 spiro atoms. The molecule has 0 heterocycles. The molecule has 0 aromatic heterocycles. The summed E-state index contributed by atoms with van der Waals surface area (Å²) in [7, 11) is 0. The fraction of sp³-hybridized carbons (Fsp3) is 0.600. The predicted octanol–water partition coefficient (Wildman–Crippen LogP) is 3.26. The van der Waals surface area contributed by atoms with Crippen molar-refractivity contribution in [3.63, 3.8) is 0 Å². The van der Waals surface area contributed by atoms with Crippen LogP contribution in [0.25, 0.3) is 0 Å². The number of carbonyl (C=O) groups is 4. The van der Waals surface area contributed by atoms with Gasteiger partial charge in [-0.15, -0.1) is 0 Å². The molecule has 0 radical (unpaired) electrons. The predicted molar refractivity (Wildman–Crippen MR) is 129 cm³/mol. The lowest BCUT2D eigenvalue weighted by Gasteiger charge is -2.32. The first-order valence-electron chi connectivity index (χ1n) is 11.7. The molecule has 2 N–H and O–H groups in total. The van der Waals surface area contributed by atoms with E-state index in [2.05, 4.69) is 10.6 Å². The average Bonchev–Trinajstić information content (AvgIpc) is 2.74. The minimum atomic E-state index is -0.915. The number of amides is 3. The van der Waals surface area contributed by atoms with Crippen molar-refractivity contribution in [1.29, 1.82) is 0 Å². The van der Waals surface area contributed by atoms with Crippen LogP contribution in [0.3, 0.4) is 0 Å². The first kappa shape index (κ1) is 28.9. The first-order chi connectivity index (χ1) is 16.0. The third kappa shape index (κ3) is 10.7. The van der Waals surface area contributed by atoms with Crippen LogP contribution in [0.15, 0.2) is 24.3 Å². The first-order valence-corrected chi connectivity index (χ1v) is 11.7. The van der Waals surface area contributed by atoms with Gasteiger partial charge in [-0.05, 0) is 46.6 Å². The Morgan fingerprint density at radius 2 is 1.68 bits per heavy atom. The number of carbonyl (C=O) groups excluding carboxylic acids is 4. The molecule has 0 aliphatic carbocycles. The van der Waals surface area contributed by atoms with Crippen LogP contribution in [0.2, 0.25) is 0 Å². The van der Waals surface area contributed by atoms with Crippen LogP contribution < -0.4 is 10.6 Å². The number of hydrogen-bond acceptors (Lipinski definition) is 6. The number of benzene rings is 1. The SMILES string of the molecule is CCCCN(C(=O)CNC(=O)OC(C)(C)C)C(C(=O)NCCC(=O)OCC)c1ccc(C)cc1. The summed E-state index contributed by atoms with van der Waals surface area (Å²) in [6, 6.07) is 6.43. The summed E-state index contributed by atoms with van der Waals surface area (Å²) in [4.78, 5) is 51.6. The van der Waals surface area contributed by atoms with Gasteiger partial charge in [0.05, 0.1) is 13.0 Å². The lowest BCUT2D eigenvalue weighted by atomic mass is 10.0. The van der Waals surface area contributed by atoms with E-state index in [1.807, 2.05) is 26.0 Å². The fourth-order valence-corrected chi connectivity index (χ4v) is 3.13. The van der Waals surface area contributed by atoms with Crippen molar-refractivity contribution in [2.75, 3.05) is 26.2 Å². The second-order valence-corrected chi connectivity index (χ2v) is 8.96. The van der Waals surface area contributed by atoms with Gasteiger partial charge < -0.3 is 25.0 Å². The van der Waals surface area contributed by atoms with Gasteiger partial charge in [-0.1, -0.05) is 43.2 Å². The topological polar surface area (TPSA) is 114 Å². The number of esters is 1. The highest BCUT2D eigenvalue weighted by Gasteiger charge is 2.31. The molecule has 34 heavy (non-hydrogen) atoms. The molecule has 0 bridgehead atoms. The van der Waals surface area contributed by atoms with Gasteiger partial charge in [0.2, 0.25) is 11.8 Å². The molecule has 1 unspecified atom stereocenters. The average molecular weight is 478 g/mol. The van der Waals surface area contributed by atoms with Crippen molar-refractivity contribution >= 4 is 23.9 Å². The van der Waals surface area contributed by atoms with Crippen LogP contribution in [0.4, 0.5) is 4.79 Å². The van der Waals surface area contributed by atoms with Crippen molar-refractivity contribution in [3.8, 4) is 0 Å². The monoisotopic (exact) mass is 477 g/mol. The zero-order valence-electron chi connectivity index (χ0n) is 21.2. The van der Waals surface area contributed by atoms with Gasteiger partial charge in [0, 0.05) is 13.1 Å². The van der Waals surface area contributed by atoms with Crippen molar-refractivity contribution < 1.29 is 28.7 Å². The van der Waals surface area contributed by atoms with Crippen molar-refractivity contribution in [3.05, 3.63) is 35.4 Å². The van der Waals surface area contributed by atoms with E-state index >= 15 is 0 Å². The van der Waals surface area contributed by atoms with Crippen LogP contribution in [0.1, 0.15) is 71.0 Å². The summed E-state index contributed by atoms with van der Waals surface area (Å²) in [5.41, 5.74) is 0.961. The lowest BCUT2D eigenvalue weighted by molar-refractivity contribution is -0.143. The number of ether oxygens (including phenoxy) is 2. The van der Waals surface area contributed by atoms with Gasteiger partial charge in [-0.3, -0.25) is 14.4 Å². The van der Waals surface area contributed by atoms with E-state index in [1.165, 1.54) is 4.90 Å². The maximum absolute atomic E-state index is 13.2. The van der Waals surface area contributed by atoms with Crippen LogP contribution in [-0.2, 0) is 23.9 Å². The third-order valence-corrected chi connectivity index (χ3v) is 4.74. The van der Waals surface area contributed by atoms with Gasteiger partial charge in [0.25, 0.3) is 0 Å². The van der Waals surface area contributed by atoms with E-state index in [0.717, 1.165) is 12.0 Å². The Hall–Kier alpha value is -3.10. The Morgan fingerprint density at radius 3 is 2.24 bits per heavy atom. The van der Waals surface area contributed by atoms with Crippen LogP contribution in [-0.4, -0.2) is 60.6 Å². The molecule has 1 aromatic rings. The molecule has 3 amide bonds. The standard InChI is InChI=1S/C25H39N3O6/c1-7-9-16-28(20(29)17-27-24(32)34-25(4,5)6)22(19-12-10-18(3)11-13-19)23(31)26-15-14-21(30)33-8-2/h10-13,22H,7-9,14-17H2,1-6H3,(H,26,31)(H,27,32).